The molecule has 2 rings (SSSR count). The number of carboxylic acids is 1. The lowest BCUT2D eigenvalue weighted by atomic mass is 9.77. The van der Waals surface area contributed by atoms with E-state index in [0.717, 1.165) is 12.0 Å². The number of fused-ring (bicyclic) bond motifs is 1. The lowest BCUT2D eigenvalue weighted by Gasteiger charge is -2.28. The first-order valence-electron chi connectivity index (χ1n) is 6.18. The number of carbonyl (C=O) groups is 2. The minimum absolute atomic E-state index is 0.00582. The summed E-state index contributed by atoms with van der Waals surface area (Å²) in [5.41, 5.74) is 2.33. The zero-order valence-corrected chi connectivity index (χ0v) is 10.3. The van der Waals surface area contributed by atoms with Crippen molar-refractivity contribution in [1.29, 1.82) is 0 Å². The third-order valence-electron chi connectivity index (χ3n) is 3.47. The molecule has 1 aliphatic carbocycles. The van der Waals surface area contributed by atoms with Gasteiger partial charge in [0.25, 0.3) is 0 Å². The van der Waals surface area contributed by atoms with Crippen LogP contribution >= 0.6 is 0 Å². The van der Waals surface area contributed by atoms with Gasteiger partial charge in [-0.2, -0.15) is 0 Å². The average Bonchev–Trinajstić information content (AvgIpc) is 2.30. The number of aliphatic carboxylic acids is 1. The lowest BCUT2D eigenvalue weighted by molar-refractivity contribution is -0.141. The van der Waals surface area contributed by atoms with Gasteiger partial charge in [-0.25, -0.2) is 0 Å². The van der Waals surface area contributed by atoms with Crippen LogP contribution in [0.3, 0.4) is 0 Å². The molecule has 1 amide bonds. The van der Waals surface area contributed by atoms with Crippen LogP contribution in [0.2, 0.25) is 0 Å². The van der Waals surface area contributed by atoms with E-state index >= 15 is 0 Å². The Balaban J connectivity index is 1.79. The zero-order valence-electron chi connectivity index (χ0n) is 10.3. The standard InChI is InChI=1S/C14H17NO3/c1-9(14(17)18)6-7-15-13(16)12-8-10-4-2-3-5-11(10)12/h2-5,9,12H,6-8H2,1H3,(H,15,16)(H,17,18). The van der Waals surface area contributed by atoms with Gasteiger partial charge in [-0.3, -0.25) is 9.59 Å². The third-order valence-corrected chi connectivity index (χ3v) is 3.47. The molecule has 0 saturated carbocycles. The van der Waals surface area contributed by atoms with E-state index in [1.165, 1.54) is 5.56 Å². The van der Waals surface area contributed by atoms with Crippen molar-refractivity contribution in [1.82, 2.24) is 5.32 Å². The fourth-order valence-corrected chi connectivity index (χ4v) is 2.15. The first kappa shape index (κ1) is 12.6. The topological polar surface area (TPSA) is 66.4 Å². The van der Waals surface area contributed by atoms with E-state index in [1.807, 2.05) is 24.3 Å². The summed E-state index contributed by atoms with van der Waals surface area (Å²) in [7, 11) is 0. The Bertz CT molecular complexity index is 470. The van der Waals surface area contributed by atoms with Crippen molar-refractivity contribution in [2.45, 2.75) is 25.7 Å². The molecule has 2 atom stereocenters. The van der Waals surface area contributed by atoms with Crippen LogP contribution in [0.15, 0.2) is 24.3 Å². The fraction of sp³-hybridized carbons (Fsp3) is 0.429. The van der Waals surface area contributed by atoms with Crippen LogP contribution < -0.4 is 5.32 Å². The van der Waals surface area contributed by atoms with E-state index in [-0.39, 0.29) is 11.8 Å². The van der Waals surface area contributed by atoms with Crippen LogP contribution in [0.25, 0.3) is 0 Å². The highest BCUT2D eigenvalue weighted by molar-refractivity contribution is 5.86. The Morgan fingerprint density at radius 3 is 2.83 bits per heavy atom. The van der Waals surface area contributed by atoms with Gasteiger partial charge in [0, 0.05) is 6.54 Å². The van der Waals surface area contributed by atoms with Gasteiger partial charge in [0.05, 0.1) is 11.8 Å². The van der Waals surface area contributed by atoms with Crippen molar-refractivity contribution in [2.75, 3.05) is 6.54 Å². The highest BCUT2D eigenvalue weighted by atomic mass is 16.4. The van der Waals surface area contributed by atoms with E-state index in [0.29, 0.717) is 13.0 Å². The third kappa shape index (κ3) is 2.53. The van der Waals surface area contributed by atoms with Crippen LogP contribution in [-0.2, 0) is 16.0 Å². The molecule has 0 heterocycles. The highest BCUT2D eigenvalue weighted by Gasteiger charge is 2.31. The summed E-state index contributed by atoms with van der Waals surface area (Å²) in [5.74, 6) is -1.29. The average molecular weight is 247 g/mol. The predicted octanol–water partition coefficient (Wildman–Crippen LogP) is 1.55. The van der Waals surface area contributed by atoms with Crippen LogP contribution in [0, 0.1) is 5.92 Å². The van der Waals surface area contributed by atoms with Gasteiger partial charge in [-0.05, 0) is 24.0 Å². The van der Waals surface area contributed by atoms with E-state index in [9.17, 15) is 9.59 Å². The second-order valence-corrected chi connectivity index (χ2v) is 4.77. The predicted molar refractivity (Wildman–Crippen MR) is 67.3 cm³/mol. The molecular weight excluding hydrogens is 230 g/mol. The Hall–Kier alpha value is -1.84. The first-order chi connectivity index (χ1) is 8.59. The molecule has 18 heavy (non-hydrogen) atoms. The van der Waals surface area contributed by atoms with Crippen LogP contribution in [-0.4, -0.2) is 23.5 Å². The number of carboxylic acid groups (broad SMARTS) is 1. The van der Waals surface area contributed by atoms with E-state index in [1.54, 1.807) is 6.92 Å². The van der Waals surface area contributed by atoms with Gasteiger partial charge >= 0.3 is 5.97 Å². The summed E-state index contributed by atoms with van der Waals surface area (Å²) in [6.07, 6.45) is 1.26. The molecule has 2 unspecified atom stereocenters. The maximum absolute atomic E-state index is 11.9. The molecule has 0 saturated heterocycles. The zero-order chi connectivity index (χ0) is 13.1. The summed E-state index contributed by atoms with van der Waals surface area (Å²) in [5, 5.41) is 11.5. The van der Waals surface area contributed by atoms with Crippen LogP contribution in [0.5, 0.6) is 0 Å². The van der Waals surface area contributed by atoms with Gasteiger partial charge in [0.1, 0.15) is 0 Å². The number of hydrogen-bond acceptors (Lipinski definition) is 2. The molecule has 96 valence electrons. The van der Waals surface area contributed by atoms with Crippen molar-refractivity contribution in [3.63, 3.8) is 0 Å². The first-order valence-corrected chi connectivity index (χ1v) is 6.18. The summed E-state index contributed by atoms with van der Waals surface area (Å²) >= 11 is 0. The number of amides is 1. The largest absolute Gasteiger partial charge is 0.481 e. The Labute approximate surface area is 106 Å². The second kappa shape index (κ2) is 5.21. The number of carbonyl (C=O) groups excluding carboxylic acids is 1. The van der Waals surface area contributed by atoms with Crippen molar-refractivity contribution in [3.8, 4) is 0 Å². The molecule has 4 heteroatoms. The Morgan fingerprint density at radius 1 is 1.44 bits per heavy atom. The maximum atomic E-state index is 11.9. The Kier molecular flexibility index (Phi) is 3.65. The van der Waals surface area contributed by atoms with Crippen LogP contribution in [0.4, 0.5) is 0 Å². The van der Waals surface area contributed by atoms with Gasteiger partial charge < -0.3 is 10.4 Å². The van der Waals surface area contributed by atoms with Crippen molar-refractivity contribution < 1.29 is 14.7 Å². The van der Waals surface area contributed by atoms with Gasteiger partial charge in [-0.15, -0.1) is 0 Å². The van der Waals surface area contributed by atoms with E-state index in [2.05, 4.69) is 5.32 Å². The number of benzene rings is 1. The van der Waals surface area contributed by atoms with Crippen molar-refractivity contribution in [2.24, 2.45) is 5.92 Å². The molecule has 1 aromatic carbocycles. The Morgan fingerprint density at radius 2 is 2.17 bits per heavy atom. The number of hydrogen-bond donors (Lipinski definition) is 2. The molecular formula is C14H17NO3. The van der Waals surface area contributed by atoms with E-state index in [4.69, 9.17) is 5.11 Å². The molecule has 1 aromatic rings. The summed E-state index contributed by atoms with van der Waals surface area (Å²) in [6, 6.07) is 7.92. The summed E-state index contributed by atoms with van der Waals surface area (Å²) in [6.45, 7) is 2.07. The molecule has 0 aromatic heterocycles. The minimum atomic E-state index is -0.821. The van der Waals surface area contributed by atoms with Crippen molar-refractivity contribution >= 4 is 11.9 Å². The molecule has 0 fully saturated rings. The van der Waals surface area contributed by atoms with Crippen molar-refractivity contribution in [3.05, 3.63) is 35.4 Å². The normalized spacial score (nSPS) is 18.4. The summed E-state index contributed by atoms with van der Waals surface area (Å²) in [4.78, 5) is 22.5. The number of nitrogens with one attached hydrogen (secondary N) is 1. The molecule has 2 N–H and O–H groups in total. The quantitative estimate of drug-likeness (QED) is 0.829. The van der Waals surface area contributed by atoms with Crippen LogP contribution in [0.1, 0.15) is 30.4 Å². The number of rotatable bonds is 5. The molecule has 4 nitrogen and oxygen atoms in total. The van der Waals surface area contributed by atoms with E-state index < -0.39 is 11.9 Å². The monoisotopic (exact) mass is 247 g/mol. The smallest absolute Gasteiger partial charge is 0.306 e. The van der Waals surface area contributed by atoms with Gasteiger partial charge in [0.15, 0.2) is 0 Å². The highest BCUT2D eigenvalue weighted by Crippen LogP contribution is 2.34. The molecule has 0 bridgehead atoms. The molecule has 0 spiro atoms. The SMILES string of the molecule is CC(CCNC(=O)C1Cc2ccccc21)C(=O)O. The van der Waals surface area contributed by atoms with Gasteiger partial charge in [0.2, 0.25) is 5.91 Å². The molecule has 1 aliphatic rings. The molecule has 0 aliphatic heterocycles. The summed E-state index contributed by atoms with van der Waals surface area (Å²) < 4.78 is 0. The molecule has 0 radical (unpaired) electrons. The lowest BCUT2D eigenvalue weighted by Crippen LogP contribution is -2.36. The maximum Gasteiger partial charge on any atom is 0.306 e. The van der Waals surface area contributed by atoms with Gasteiger partial charge in [-0.1, -0.05) is 31.2 Å². The fourth-order valence-electron chi connectivity index (χ4n) is 2.15. The minimum Gasteiger partial charge on any atom is -0.481 e. The second-order valence-electron chi connectivity index (χ2n) is 4.77.